The van der Waals surface area contributed by atoms with Gasteiger partial charge in [0.15, 0.2) is 0 Å². The molecule has 2 unspecified atom stereocenters. The van der Waals surface area contributed by atoms with E-state index in [-0.39, 0.29) is 17.2 Å². The molecular formula is C15H25BN2O4. The number of hydrogen-bond acceptors (Lipinski definition) is 5. The molecule has 2 aliphatic rings. The normalized spacial score (nSPS) is 33.6. The van der Waals surface area contributed by atoms with Crippen LogP contribution in [0.15, 0.2) is 6.20 Å². The molecule has 1 aliphatic carbocycles. The zero-order valence-electron chi connectivity index (χ0n) is 13.9. The molecular weight excluding hydrogens is 283 g/mol. The smallest absolute Gasteiger partial charge is 0.399 e. The van der Waals surface area contributed by atoms with Gasteiger partial charge in [-0.15, -0.1) is 0 Å². The molecule has 1 aromatic heterocycles. The van der Waals surface area contributed by atoms with Crippen LogP contribution in [-0.4, -0.2) is 50.5 Å². The predicted octanol–water partition coefficient (Wildman–Crippen LogP) is 0.547. The van der Waals surface area contributed by atoms with E-state index in [1.807, 2.05) is 39.3 Å². The Bertz CT molecular complexity index is 546. The number of aliphatic hydroxyl groups excluding tert-OH is 2. The van der Waals surface area contributed by atoms with E-state index < -0.39 is 19.3 Å². The van der Waals surface area contributed by atoms with Crippen molar-refractivity contribution in [3.8, 4) is 0 Å². The lowest BCUT2D eigenvalue weighted by Gasteiger charge is -2.32. The molecule has 7 heteroatoms. The van der Waals surface area contributed by atoms with Crippen molar-refractivity contribution in [2.75, 3.05) is 0 Å². The van der Waals surface area contributed by atoms with Crippen molar-refractivity contribution >= 4 is 12.6 Å². The van der Waals surface area contributed by atoms with Gasteiger partial charge in [-0.05, 0) is 47.5 Å². The first-order valence-corrected chi connectivity index (χ1v) is 7.88. The van der Waals surface area contributed by atoms with Crippen molar-refractivity contribution < 1.29 is 19.5 Å². The minimum absolute atomic E-state index is 0.0150. The molecule has 1 aromatic rings. The van der Waals surface area contributed by atoms with Gasteiger partial charge in [-0.25, -0.2) is 0 Å². The number of aliphatic hydroxyl groups is 2. The van der Waals surface area contributed by atoms with Gasteiger partial charge in [0.25, 0.3) is 0 Å². The molecule has 0 aromatic carbocycles. The first kappa shape index (κ1) is 16.0. The van der Waals surface area contributed by atoms with Crippen LogP contribution in [0.3, 0.4) is 0 Å². The molecule has 0 radical (unpaired) electrons. The van der Waals surface area contributed by atoms with Gasteiger partial charge in [-0.2, -0.15) is 5.10 Å². The lowest BCUT2D eigenvalue weighted by atomic mass is 9.79. The maximum absolute atomic E-state index is 9.74. The van der Waals surface area contributed by atoms with E-state index in [0.717, 1.165) is 11.2 Å². The third-order valence-corrected chi connectivity index (χ3v) is 5.41. The van der Waals surface area contributed by atoms with Gasteiger partial charge in [0.2, 0.25) is 0 Å². The Labute approximate surface area is 131 Å². The molecule has 22 heavy (non-hydrogen) atoms. The molecule has 0 amide bonds. The number of nitrogens with zero attached hydrogens (tertiary/aromatic N) is 2. The van der Waals surface area contributed by atoms with Crippen molar-refractivity contribution in [3.63, 3.8) is 0 Å². The van der Waals surface area contributed by atoms with Crippen LogP contribution >= 0.6 is 0 Å². The molecule has 2 fully saturated rings. The second-order valence-electron chi connectivity index (χ2n) is 7.48. The lowest BCUT2D eigenvalue weighted by Crippen LogP contribution is -2.41. The van der Waals surface area contributed by atoms with Gasteiger partial charge in [-0.3, -0.25) is 4.68 Å². The van der Waals surface area contributed by atoms with Gasteiger partial charge in [0, 0.05) is 17.4 Å². The fraction of sp³-hybridized carbons (Fsp3) is 0.800. The van der Waals surface area contributed by atoms with Crippen LogP contribution in [0.25, 0.3) is 0 Å². The van der Waals surface area contributed by atoms with Crippen molar-refractivity contribution in [1.29, 1.82) is 0 Å². The molecule has 0 spiro atoms. The summed E-state index contributed by atoms with van der Waals surface area (Å²) in [6.07, 6.45) is 1.47. The van der Waals surface area contributed by atoms with E-state index in [4.69, 9.17) is 9.31 Å². The van der Waals surface area contributed by atoms with Crippen LogP contribution in [0.4, 0.5) is 0 Å². The van der Waals surface area contributed by atoms with E-state index in [1.165, 1.54) is 0 Å². The quantitative estimate of drug-likeness (QED) is 0.780. The Morgan fingerprint density at radius 2 is 1.64 bits per heavy atom. The highest BCUT2D eigenvalue weighted by molar-refractivity contribution is 6.62. The second kappa shape index (κ2) is 5.06. The molecule has 0 bridgehead atoms. The zero-order valence-corrected chi connectivity index (χ0v) is 13.9. The summed E-state index contributed by atoms with van der Waals surface area (Å²) >= 11 is 0. The highest BCUT2D eigenvalue weighted by Gasteiger charge is 2.52. The summed E-state index contributed by atoms with van der Waals surface area (Å²) in [4.78, 5) is 0. The molecule has 2 heterocycles. The summed E-state index contributed by atoms with van der Waals surface area (Å²) in [5.74, 6) is 0. The first-order chi connectivity index (χ1) is 10.1. The van der Waals surface area contributed by atoms with Crippen LogP contribution in [-0.2, 0) is 9.31 Å². The highest BCUT2D eigenvalue weighted by atomic mass is 16.7. The Balaban J connectivity index is 1.83. The van der Waals surface area contributed by atoms with Gasteiger partial charge in [0.1, 0.15) is 0 Å². The molecule has 2 atom stereocenters. The molecule has 1 saturated heterocycles. The van der Waals surface area contributed by atoms with Crippen LogP contribution in [0.1, 0.15) is 52.3 Å². The van der Waals surface area contributed by atoms with E-state index in [9.17, 15) is 10.2 Å². The summed E-state index contributed by atoms with van der Waals surface area (Å²) in [7, 11) is -0.435. The Morgan fingerprint density at radius 3 is 2.14 bits per heavy atom. The number of hydrogen-bond donors (Lipinski definition) is 2. The van der Waals surface area contributed by atoms with Crippen molar-refractivity contribution in [1.82, 2.24) is 9.78 Å². The Kier molecular flexibility index (Phi) is 3.68. The SMILES string of the molecule is Cc1c(B2OC(C)(C)C(C)(C)O2)cnn1C1CC(O)C(O)C1. The second-order valence-corrected chi connectivity index (χ2v) is 7.48. The average Bonchev–Trinajstić information content (AvgIpc) is 2.97. The maximum atomic E-state index is 9.74. The molecule has 1 aliphatic heterocycles. The molecule has 1 saturated carbocycles. The van der Waals surface area contributed by atoms with Crippen LogP contribution < -0.4 is 5.46 Å². The average molecular weight is 308 g/mol. The summed E-state index contributed by atoms with van der Waals surface area (Å²) < 4.78 is 14.0. The first-order valence-electron chi connectivity index (χ1n) is 7.88. The van der Waals surface area contributed by atoms with Crippen LogP contribution in [0, 0.1) is 6.92 Å². The Morgan fingerprint density at radius 1 is 1.14 bits per heavy atom. The van der Waals surface area contributed by atoms with E-state index in [2.05, 4.69) is 5.10 Å². The molecule has 2 N–H and O–H groups in total. The zero-order chi connectivity index (χ0) is 16.3. The molecule has 122 valence electrons. The minimum atomic E-state index is -0.672. The summed E-state index contributed by atoms with van der Waals surface area (Å²) in [6, 6.07) is 0.0150. The van der Waals surface area contributed by atoms with E-state index >= 15 is 0 Å². The van der Waals surface area contributed by atoms with Gasteiger partial charge >= 0.3 is 7.12 Å². The summed E-state index contributed by atoms with van der Waals surface area (Å²) in [5, 5.41) is 23.9. The predicted molar refractivity (Wildman–Crippen MR) is 83.0 cm³/mol. The minimum Gasteiger partial charge on any atom is -0.399 e. The fourth-order valence-corrected chi connectivity index (χ4v) is 3.17. The summed E-state index contributed by atoms with van der Waals surface area (Å²) in [5.41, 5.74) is 1.11. The summed E-state index contributed by atoms with van der Waals surface area (Å²) in [6.45, 7) is 10.1. The standard InChI is InChI=1S/C15H25BN2O4/c1-9-11(16-21-14(2,3)15(4,5)22-16)8-17-18(9)10-6-12(19)13(20)7-10/h8,10,12-13,19-20H,6-7H2,1-5H3. The number of rotatable bonds is 2. The Hall–Kier alpha value is -0.885. The topological polar surface area (TPSA) is 76.7 Å². The van der Waals surface area contributed by atoms with Crippen LogP contribution in [0.5, 0.6) is 0 Å². The maximum Gasteiger partial charge on any atom is 0.498 e. The fourth-order valence-electron chi connectivity index (χ4n) is 3.17. The number of aromatic nitrogens is 2. The third-order valence-electron chi connectivity index (χ3n) is 5.41. The van der Waals surface area contributed by atoms with Crippen molar-refractivity contribution in [2.24, 2.45) is 0 Å². The van der Waals surface area contributed by atoms with Gasteiger partial charge < -0.3 is 19.5 Å². The van der Waals surface area contributed by atoms with Crippen molar-refractivity contribution in [3.05, 3.63) is 11.9 Å². The van der Waals surface area contributed by atoms with Crippen molar-refractivity contribution in [2.45, 2.75) is 76.9 Å². The molecule has 6 nitrogen and oxygen atoms in total. The lowest BCUT2D eigenvalue weighted by molar-refractivity contribution is 0.00578. The molecule has 3 rings (SSSR count). The monoisotopic (exact) mass is 308 g/mol. The van der Waals surface area contributed by atoms with E-state index in [0.29, 0.717) is 12.8 Å². The van der Waals surface area contributed by atoms with Gasteiger partial charge in [-0.1, -0.05) is 0 Å². The van der Waals surface area contributed by atoms with Gasteiger partial charge in [0.05, 0.1) is 29.5 Å². The van der Waals surface area contributed by atoms with Crippen LogP contribution in [0.2, 0.25) is 0 Å². The third kappa shape index (κ3) is 2.40. The largest absolute Gasteiger partial charge is 0.498 e. The van der Waals surface area contributed by atoms with E-state index in [1.54, 1.807) is 6.20 Å². The highest BCUT2D eigenvalue weighted by Crippen LogP contribution is 2.37.